The molecule has 0 saturated heterocycles. The molecule has 5 rings (SSSR count). The van der Waals surface area contributed by atoms with Gasteiger partial charge in [-0.1, -0.05) is 90.6 Å². The molecule has 123 valence electrons. The van der Waals surface area contributed by atoms with E-state index in [2.05, 4.69) is 108 Å². The highest BCUT2D eigenvalue weighted by atomic mass is 28.2. The third-order valence-corrected chi connectivity index (χ3v) is 6.54. The lowest BCUT2D eigenvalue weighted by atomic mass is 9.64. The maximum Gasteiger partial charge on any atom is 0.0702 e. The Kier molecular flexibility index (Phi) is 3.58. The first-order valence-corrected chi connectivity index (χ1v) is 9.97. The van der Waals surface area contributed by atoms with Gasteiger partial charge in [0, 0.05) is 11.4 Å². The fourth-order valence-corrected chi connectivity index (χ4v) is 5.49. The van der Waals surface area contributed by atoms with E-state index in [4.69, 9.17) is 0 Å². The van der Waals surface area contributed by atoms with Crippen LogP contribution in [0.2, 0.25) is 0 Å². The molecule has 26 heavy (non-hydrogen) atoms. The van der Waals surface area contributed by atoms with Crippen LogP contribution in [0.15, 0.2) is 108 Å². The van der Waals surface area contributed by atoms with Crippen LogP contribution in [0, 0.1) is 0 Å². The van der Waals surface area contributed by atoms with Crippen LogP contribution in [0.3, 0.4) is 0 Å². The third-order valence-electron chi connectivity index (χ3n) is 5.25. The average molecular weight is 349 g/mol. The number of nitrogens with one attached hydrogen (secondary N) is 1. The first-order chi connectivity index (χ1) is 12.9. The summed E-state index contributed by atoms with van der Waals surface area (Å²) in [7, 11) is 0.651. The Balaban J connectivity index is 1.95. The molecule has 0 fully saturated rings. The number of fused-ring (bicyclic) bond motifs is 2. The molecule has 2 aliphatic heterocycles. The Morgan fingerprint density at radius 1 is 0.692 bits per heavy atom. The SMILES string of the molecule is C1=C[Si]=C2C(=C1)Nc1ccccc1C2(c1ccccc1)c1ccccc1. The van der Waals surface area contributed by atoms with Crippen LogP contribution < -0.4 is 5.32 Å². The zero-order valence-electron chi connectivity index (χ0n) is 14.3. The molecule has 1 nitrogen and oxygen atoms in total. The van der Waals surface area contributed by atoms with E-state index in [1.807, 2.05) is 0 Å². The fraction of sp³-hybridized carbons (Fsp3) is 0.0417. The third kappa shape index (κ3) is 2.12. The molecule has 0 amide bonds. The van der Waals surface area contributed by atoms with E-state index in [9.17, 15) is 0 Å². The standard InChI is InChI=1S/C24H18NSi/c1-3-10-18(11-4-1)24(19-12-5-2-6-13-19)20-14-7-8-15-21(20)25-22-16-9-17-26-23(22)24/h1-17,25H. The molecular weight excluding hydrogens is 330 g/mol. The summed E-state index contributed by atoms with van der Waals surface area (Å²) in [5.74, 6) is 0. The monoisotopic (exact) mass is 348 g/mol. The molecule has 3 aromatic carbocycles. The van der Waals surface area contributed by atoms with Gasteiger partial charge in [0.25, 0.3) is 0 Å². The topological polar surface area (TPSA) is 12.0 Å². The van der Waals surface area contributed by atoms with Crippen molar-refractivity contribution < 1.29 is 0 Å². The molecule has 0 aliphatic carbocycles. The van der Waals surface area contributed by atoms with Gasteiger partial charge in [-0.2, -0.15) is 0 Å². The normalized spacial score (nSPS) is 16.6. The highest BCUT2D eigenvalue weighted by molar-refractivity contribution is 6.65. The number of rotatable bonds is 2. The number of hydrogen-bond donors (Lipinski definition) is 1. The van der Waals surface area contributed by atoms with Crippen LogP contribution in [-0.4, -0.2) is 14.3 Å². The molecule has 0 aromatic heterocycles. The average Bonchev–Trinajstić information content (AvgIpc) is 2.73. The van der Waals surface area contributed by atoms with Crippen molar-refractivity contribution in [3.8, 4) is 0 Å². The van der Waals surface area contributed by atoms with Crippen molar-refractivity contribution in [2.24, 2.45) is 0 Å². The van der Waals surface area contributed by atoms with E-state index in [1.54, 1.807) is 0 Å². The number of para-hydroxylation sites is 1. The van der Waals surface area contributed by atoms with Gasteiger partial charge in [-0.3, -0.25) is 0 Å². The molecule has 2 aliphatic rings. The van der Waals surface area contributed by atoms with Gasteiger partial charge in [-0.05, 0) is 34.0 Å². The van der Waals surface area contributed by atoms with E-state index in [0.29, 0.717) is 9.13 Å². The molecule has 0 saturated carbocycles. The molecule has 0 bridgehead atoms. The summed E-state index contributed by atoms with van der Waals surface area (Å²) in [6.45, 7) is 0. The maximum absolute atomic E-state index is 3.67. The van der Waals surface area contributed by atoms with Gasteiger partial charge >= 0.3 is 0 Å². The lowest BCUT2D eigenvalue weighted by molar-refractivity contribution is 0.829. The summed E-state index contributed by atoms with van der Waals surface area (Å²) in [6.07, 6.45) is 4.38. The van der Waals surface area contributed by atoms with E-state index < -0.39 is 0 Å². The first kappa shape index (κ1) is 15.3. The van der Waals surface area contributed by atoms with E-state index >= 15 is 0 Å². The summed E-state index contributed by atoms with van der Waals surface area (Å²) in [4.78, 5) is 0. The summed E-state index contributed by atoms with van der Waals surface area (Å²) in [6, 6.07) is 30.6. The Labute approximate surface area is 156 Å². The Hall–Kier alpha value is -2.97. The quantitative estimate of drug-likeness (QED) is 0.660. The molecule has 1 radical (unpaired) electrons. The lowest BCUT2D eigenvalue weighted by Crippen LogP contribution is -2.46. The van der Waals surface area contributed by atoms with Gasteiger partial charge in [-0.15, -0.1) is 0 Å². The minimum absolute atomic E-state index is 0.264. The van der Waals surface area contributed by atoms with Crippen LogP contribution in [0.1, 0.15) is 16.7 Å². The van der Waals surface area contributed by atoms with Crippen molar-refractivity contribution in [3.05, 3.63) is 125 Å². The van der Waals surface area contributed by atoms with Crippen LogP contribution in [-0.2, 0) is 5.41 Å². The van der Waals surface area contributed by atoms with Crippen molar-refractivity contribution in [1.29, 1.82) is 0 Å². The van der Waals surface area contributed by atoms with Gasteiger partial charge < -0.3 is 5.32 Å². The summed E-state index contributed by atoms with van der Waals surface area (Å²) in [5.41, 5.74) is 8.42. The molecular formula is C24H18NSi. The molecule has 2 heteroatoms. The van der Waals surface area contributed by atoms with Crippen molar-refractivity contribution in [2.45, 2.75) is 5.41 Å². The van der Waals surface area contributed by atoms with Crippen molar-refractivity contribution in [1.82, 2.24) is 0 Å². The second kappa shape index (κ2) is 6.08. The van der Waals surface area contributed by atoms with Crippen LogP contribution in [0.5, 0.6) is 0 Å². The molecule has 2 heterocycles. The van der Waals surface area contributed by atoms with Crippen molar-refractivity contribution in [2.75, 3.05) is 5.32 Å². The first-order valence-electron chi connectivity index (χ1n) is 8.89. The second-order valence-electron chi connectivity index (χ2n) is 6.61. The molecule has 3 aromatic rings. The lowest BCUT2D eigenvalue weighted by Gasteiger charge is -2.44. The van der Waals surface area contributed by atoms with E-state index in [1.165, 1.54) is 33.2 Å². The smallest absolute Gasteiger partial charge is 0.0702 e. The van der Waals surface area contributed by atoms with Crippen molar-refractivity contribution >= 4 is 20.0 Å². The Morgan fingerprint density at radius 3 is 2.00 bits per heavy atom. The zero-order valence-corrected chi connectivity index (χ0v) is 15.3. The van der Waals surface area contributed by atoms with Crippen LogP contribution in [0.25, 0.3) is 0 Å². The molecule has 0 atom stereocenters. The van der Waals surface area contributed by atoms with E-state index in [-0.39, 0.29) is 5.41 Å². The minimum Gasteiger partial charge on any atom is -0.355 e. The zero-order chi connectivity index (χ0) is 17.4. The van der Waals surface area contributed by atoms with Crippen molar-refractivity contribution in [3.63, 3.8) is 0 Å². The van der Waals surface area contributed by atoms with Gasteiger partial charge in [-0.25, -0.2) is 0 Å². The molecule has 0 unspecified atom stereocenters. The Morgan fingerprint density at radius 2 is 1.31 bits per heavy atom. The fourth-order valence-electron chi connectivity index (χ4n) is 4.19. The summed E-state index contributed by atoms with van der Waals surface area (Å²) < 4.78 is 0. The van der Waals surface area contributed by atoms with Gasteiger partial charge in [0.1, 0.15) is 0 Å². The van der Waals surface area contributed by atoms with Crippen LogP contribution >= 0.6 is 0 Å². The van der Waals surface area contributed by atoms with Gasteiger partial charge in [0.05, 0.1) is 14.5 Å². The molecule has 1 N–H and O–H groups in total. The predicted molar refractivity (Wildman–Crippen MR) is 111 cm³/mol. The second-order valence-corrected chi connectivity index (χ2v) is 7.73. The van der Waals surface area contributed by atoms with Crippen LogP contribution in [0.4, 0.5) is 5.69 Å². The summed E-state index contributed by atoms with van der Waals surface area (Å²) in [5, 5.41) is 5.11. The van der Waals surface area contributed by atoms with Gasteiger partial charge in [0.15, 0.2) is 0 Å². The number of anilines is 1. The largest absolute Gasteiger partial charge is 0.355 e. The summed E-state index contributed by atoms with van der Waals surface area (Å²) >= 11 is 0. The molecule has 0 spiro atoms. The Bertz CT molecular complexity index is 1010. The highest BCUT2D eigenvalue weighted by Crippen LogP contribution is 2.48. The minimum atomic E-state index is -0.264. The number of allylic oxidation sites excluding steroid dienone is 3. The number of hydrogen-bond acceptors (Lipinski definition) is 1. The predicted octanol–water partition coefficient (Wildman–Crippen LogP) is 4.73. The number of benzene rings is 3. The van der Waals surface area contributed by atoms with Gasteiger partial charge in [0.2, 0.25) is 0 Å². The van der Waals surface area contributed by atoms with E-state index in [0.717, 1.165) is 0 Å². The maximum atomic E-state index is 3.67. The highest BCUT2D eigenvalue weighted by Gasteiger charge is 2.45.